The van der Waals surface area contributed by atoms with Crippen LogP contribution in [0.25, 0.3) is 0 Å². The Morgan fingerprint density at radius 2 is 1.85 bits per heavy atom. The summed E-state index contributed by atoms with van der Waals surface area (Å²) in [6.45, 7) is 1.65. The normalized spacial score (nSPS) is 11.5. The number of urea groups is 1. The first kappa shape index (κ1) is 15.5. The van der Waals surface area contributed by atoms with Crippen LogP contribution >= 0.6 is 0 Å². The van der Waals surface area contributed by atoms with Gasteiger partial charge in [-0.25, -0.2) is 4.79 Å². The highest BCUT2D eigenvalue weighted by Crippen LogP contribution is 2.11. The fourth-order valence-electron chi connectivity index (χ4n) is 1.63. The van der Waals surface area contributed by atoms with Gasteiger partial charge in [-0.2, -0.15) is 0 Å². The van der Waals surface area contributed by atoms with Crippen LogP contribution in [0.1, 0.15) is 17.3 Å². The molecule has 0 bridgehead atoms. The minimum Gasteiger partial charge on any atom is -0.481 e. The number of aliphatic carboxylic acids is 1. The van der Waals surface area contributed by atoms with Crippen molar-refractivity contribution >= 4 is 23.6 Å². The van der Waals surface area contributed by atoms with E-state index in [2.05, 4.69) is 5.32 Å². The third-order valence-electron chi connectivity index (χ3n) is 2.72. The molecule has 0 saturated carbocycles. The number of benzene rings is 1. The van der Waals surface area contributed by atoms with E-state index in [4.69, 9.17) is 10.8 Å². The first-order valence-electron chi connectivity index (χ1n) is 5.96. The molecular formula is C13H17N3O4. The Bertz CT molecular complexity index is 513. The first-order chi connectivity index (χ1) is 9.31. The average molecular weight is 279 g/mol. The number of carboxylic acids is 1. The van der Waals surface area contributed by atoms with Gasteiger partial charge >= 0.3 is 12.0 Å². The number of nitrogens with one attached hydrogen (secondary N) is 1. The highest BCUT2D eigenvalue weighted by atomic mass is 16.4. The molecule has 1 aromatic rings. The number of anilines is 1. The van der Waals surface area contributed by atoms with Crippen LogP contribution in [0.3, 0.4) is 0 Å². The smallest absolute Gasteiger partial charge is 0.316 e. The molecule has 0 aliphatic carbocycles. The van der Waals surface area contributed by atoms with E-state index in [0.717, 1.165) is 0 Å². The highest BCUT2D eigenvalue weighted by Gasteiger charge is 2.18. The average Bonchev–Trinajstić information content (AvgIpc) is 2.37. The second-order valence-electron chi connectivity index (χ2n) is 4.49. The van der Waals surface area contributed by atoms with Gasteiger partial charge in [0.25, 0.3) is 5.91 Å². The van der Waals surface area contributed by atoms with Crippen LogP contribution in [0.4, 0.5) is 10.5 Å². The number of hydrogen-bond acceptors (Lipinski definition) is 3. The zero-order valence-electron chi connectivity index (χ0n) is 11.3. The second-order valence-corrected chi connectivity index (χ2v) is 4.49. The van der Waals surface area contributed by atoms with Crippen molar-refractivity contribution in [1.82, 2.24) is 4.90 Å². The first-order valence-corrected chi connectivity index (χ1v) is 5.96. The summed E-state index contributed by atoms with van der Waals surface area (Å²) in [5.74, 6) is -1.88. The van der Waals surface area contributed by atoms with Crippen molar-refractivity contribution in [3.05, 3.63) is 29.8 Å². The van der Waals surface area contributed by atoms with Crippen molar-refractivity contribution in [3.8, 4) is 0 Å². The Morgan fingerprint density at radius 3 is 2.30 bits per heavy atom. The third-order valence-corrected chi connectivity index (χ3v) is 2.72. The summed E-state index contributed by atoms with van der Waals surface area (Å²) in [6, 6.07) is 5.49. The zero-order chi connectivity index (χ0) is 15.3. The van der Waals surface area contributed by atoms with Gasteiger partial charge in [0.2, 0.25) is 0 Å². The van der Waals surface area contributed by atoms with Gasteiger partial charge in [-0.3, -0.25) is 9.59 Å². The van der Waals surface area contributed by atoms with Crippen molar-refractivity contribution in [1.29, 1.82) is 0 Å². The topological polar surface area (TPSA) is 113 Å². The molecule has 1 rings (SSSR count). The quantitative estimate of drug-likeness (QED) is 0.745. The van der Waals surface area contributed by atoms with Crippen molar-refractivity contribution in [2.75, 3.05) is 18.9 Å². The van der Waals surface area contributed by atoms with Gasteiger partial charge in [0.05, 0.1) is 5.92 Å². The number of nitrogens with two attached hydrogens (primary N) is 1. The summed E-state index contributed by atoms with van der Waals surface area (Å²) in [6.07, 6.45) is 0. The Kier molecular flexibility index (Phi) is 5.08. The van der Waals surface area contributed by atoms with Crippen molar-refractivity contribution in [2.45, 2.75) is 6.92 Å². The Morgan fingerprint density at radius 1 is 1.30 bits per heavy atom. The number of rotatable bonds is 5. The van der Waals surface area contributed by atoms with E-state index in [1.54, 1.807) is 12.1 Å². The number of carbonyl (C=O) groups excluding carboxylic acids is 2. The minimum atomic E-state index is -0.953. The maximum atomic E-state index is 12.1. The predicted octanol–water partition coefficient (Wildman–Crippen LogP) is 0.970. The second kappa shape index (κ2) is 6.55. The molecular weight excluding hydrogens is 262 g/mol. The van der Waals surface area contributed by atoms with Crippen molar-refractivity contribution < 1.29 is 19.5 Å². The lowest BCUT2D eigenvalue weighted by Crippen LogP contribution is -2.33. The summed E-state index contributed by atoms with van der Waals surface area (Å²) in [4.78, 5) is 34.8. The third kappa shape index (κ3) is 4.27. The van der Waals surface area contributed by atoms with Crippen LogP contribution in [0, 0.1) is 5.92 Å². The van der Waals surface area contributed by atoms with Gasteiger partial charge in [0, 0.05) is 24.8 Å². The van der Waals surface area contributed by atoms with E-state index in [9.17, 15) is 14.4 Å². The maximum Gasteiger partial charge on any atom is 0.316 e. The highest BCUT2D eigenvalue weighted by molar-refractivity contribution is 5.95. The van der Waals surface area contributed by atoms with Gasteiger partial charge < -0.3 is 21.1 Å². The molecule has 0 spiro atoms. The van der Waals surface area contributed by atoms with Crippen molar-refractivity contribution in [2.24, 2.45) is 11.7 Å². The largest absolute Gasteiger partial charge is 0.481 e. The van der Waals surface area contributed by atoms with Crippen molar-refractivity contribution in [3.63, 3.8) is 0 Å². The summed E-state index contributed by atoms with van der Waals surface area (Å²) >= 11 is 0. The van der Waals surface area contributed by atoms with E-state index < -0.39 is 17.9 Å². The number of hydrogen-bond donors (Lipinski definition) is 3. The molecule has 1 unspecified atom stereocenters. The molecule has 7 nitrogen and oxygen atoms in total. The lowest BCUT2D eigenvalue weighted by Gasteiger charge is -2.19. The predicted molar refractivity (Wildman–Crippen MR) is 73.4 cm³/mol. The monoisotopic (exact) mass is 279 g/mol. The van der Waals surface area contributed by atoms with E-state index in [-0.39, 0.29) is 12.5 Å². The van der Waals surface area contributed by atoms with E-state index >= 15 is 0 Å². The molecule has 4 N–H and O–H groups in total. The molecule has 0 aliphatic rings. The Balaban J connectivity index is 2.72. The molecule has 0 aliphatic heterocycles. The van der Waals surface area contributed by atoms with E-state index in [1.165, 1.54) is 31.0 Å². The SMILES string of the molecule is CC(CN(C)C(=O)c1ccc(NC(N)=O)cc1)C(=O)O. The molecule has 0 aromatic heterocycles. The summed E-state index contributed by atoms with van der Waals surface area (Å²) < 4.78 is 0. The number of carboxylic acid groups (broad SMARTS) is 1. The fraction of sp³-hybridized carbons (Fsp3) is 0.308. The minimum absolute atomic E-state index is 0.120. The van der Waals surface area contributed by atoms with Gasteiger partial charge in [0.15, 0.2) is 0 Å². The molecule has 0 fully saturated rings. The van der Waals surface area contributed by atoms with Gasteiger partial charge in [-0.05, 0) is 24.3 Å². The molecule has 20 heavy (non-hydrogen) atoms. The van der Waals surface area contributed by atoms with Crippen LogP contribution in [-0.4, -0.2) is 41.5 Å². The summed E-state index contributed by atoms with van der Waals surface area (Å²) in [7, 11) is 1.54. The van der Waals surface area contributed by atoms with E-state index in [0.29, 0.717) is 11.3 Å². The lowest BCUT2D eigenvalue weighted by molar-refractivity contribution is -0.141. The Labute approximate surface area is 116 Å². The summed E-state index contributed by atoms with van der Waals surface area (Å²) in [5.41, 5.74) is 5.86. The summed E-state index contributed by atoms with van der Waals surface area (Å²) in [5, 5.41) is 11.2. The molecule has 0 radical (unpaired) electrons. The molecule has 3 amide bonds. The molecule has 0 heterocycles. The molecule has 1 aromatic carbocycles. The molecule has 1 atom stereocenters. The molecule has 0 saturated heterocycles. The van der Waals surface area contributed by atoms with Crippen LogP contribution in [0.2, 0.25) is 0 Å². The van der Waals surface area contributed by atoms with Gasteiger partial charge in [0.1, 0.15) is 0 Å². The molecule has 7 heteroatoms. The van der Waals surface area contributed by atoms with Crippen LogP contribution in [0.5, 0.6) is 0 Å². The van der Waals surface area contributed by atoms with E-state index in [1.807, 2.05) is 0 Å². The Hall–Kier alpha value is -2.57. The maximum absolute atomic E-state index is 12.1. The van der Waals surface area contributed by atoms with Crippen LogP contribution in [0.15, 0.2) is 24.3 Å². The number of nitrogens with zero attached hydrogens (tertiary/aromatic N) is 1. The van der Waals surface area contributed by atoms with Gasteiger partial charge in [-0.1, -0.05) is 6.92 Å². The number of primary amides is 1. The lowest BCUT2D eigenvalue weighted by atomic mass is 10.1. The zero-order valence-corrected chi connectivity index (χ0v) is 11.3. The molecule has 108 valence electrons. The number of carbonyl (C=O) groups is 3. The van der Waals surface area contributed by atoms with Crippen LogP contribution in [-0.2, 0) is 4.79 Å². The van der Waals surface area contributed by atoms with Crippen LogP contribution < -0.4 is 11.1 Å². The van der Waals surface area contributed by atoms with Gasteiger partial charge in [-0.15, -0.1) is 0 Å². The standard InChI is InChI=1S/C13H17N3O4/c1-8(12(18)19)7-16(2)11(17)9-3-5-10(6-4-9)15-13(14)20/h3-6,8H,7H2,1-2H3,(H,18,19)(H3,14,15,20). The number of amides is 3. The fourth-order valence-corrected chi connectivity index (χ4v) is 1.63.